The van der Waals surface area contributed by atoms with Crippen molar-refractivity contribution in [3.05, 3.63) is 62.3 Å². The summed E-state index contributed by atoms with van der Waals surface area (Å²) in [6.07, 6.45) is 1.74. The van der Waals surface area contributed by atoms with Crippen molar-refractivity contribution in [3.63, 3.8) is 0 Å². The molecular formula is C19H17N3O5S2. The standard InChI is InChI=1S/C19H17N3O5S2/c1-11-8-13(9-16-18(24)20(19(28)29-16)10-17(23)27-3)12(2)21(11)14-4-6-15(7-5-14)22(25)26/h4-9H,10H2,1-3H3/b16-9-. The van der Waals surface area contributed by atoms with Gasteiger partial charge in [0.25, 0.3) is 11.6 Å². The van der Waals surface area contributed by atoms with E-state index in [2.05, 4.69) is 4.74 Å². The Morgan fingerprint density at radius 2 is 1.97 bits per heavy atom. The number of rotatable bonds is 5. The Morgan fingerprint density at radius 1 is 1.31 bits per heavy atom. The molecule has 0 spiro atoms. The van der Waals surface area contributed by atoms with Crippen LogP contribution in [0.4, 0.5) is 5.69 Å². The highest BCUT2D eigenvalue weighted by atomic mass is 32.2. The molecule has 0 bridgehead atoms. The fourth-order valence-electron chi connectivity index (χ4n) is 3.03. The van der Waals surface area contributed by atoms with Crippen molar-refractivity contribution < 1.29 is 19.2 Å². The van der Waals surface area contributed by atoms with Crippen molar-refractivity contribution in [2.75, 3.05) is 13.7 Å². The average Bonchev–Trinajstić information content (AvgIpc) is 3.11. The van der Waals surface area contributed by atoms with Crippen LogP contribution in [0.25, 0.3) is 11.8 Å². The van der Waals surface area contributed by atoms with Crippen LogP contribution in [0.1, 0.15) is 17.0 Å². The van der Waals surface area contributed by atoms with Crippen molar-refractivity contribution in [2.24, 2.45) is 0 Å². The SMILES string of the molecule is COC(=O)CN1C(=O)/C(=C/c2cc(C)n(-c3ccc([N+](=O)[O-])cc3)c2C)SC1=S. The van der Waals surface area contributed by atoms with Crippen LogP contribution in [0.15, 0.2) is 35.2 Å². The molecule has 150 valence electrons. The Hall–Kier alpha value is -2.98. The van der Waals surface area contributed by atoms with Crippen LogP contribution in [0, 0.1) is 24.0 Å². The molecular weight excluding hydrogens is 414 g/mol. The molecule has 1 aromatic heterocycles. The number of hydrogen-bond acceptors (Lipinski definition) is 7. The van der Waals surface area contributed by atoms with Crippen LogP contribution >= 0.6 is 24.0 Å². The predicted molar refractivity (Wildman–Crippen MR) is 114 cm³/mol. The van der Waals surface area contributed by atoms with Crippen LogP contribution in [0.5, 0.6) is 0 Å². The number of carbonyl (C=O) groups excluding carboxylic acids is 2. The van der Waals surface area contributed by atoms with E-state index in [9.17, 15) is 19.7 Å². The third-order valence-corrected chi connectivity index (χ3v) is 5.84. The zero-order valence-corrected chi connectivity index (χ0v) is 17.5. The lowest BCUT2D eigenvalue weighted by atomic mass is 10.2. The van der Waals surface area contributed by atoms with Crippen molar-refractivity contribution in [1.29, 1.82) is 0 Å². The Bertz CT molecular complexity index is 1060. The number of aromatic nitrogens is 1. The number of hydrogen-bond donors (Lipinski definition) is 0. The van der Waals surface area contributed by atoms with E-state index in [1.807, 2.05) is 24.5 Å². The monoisotopic (exact) mass is 431 g/mol. The molecule has 1 saturated heterocycles. The summed E-state index contributed by atoms with van der Waals surface area (Å²) in [6.45, 7) is 3.59. The largest absolute Gasteiger partial charge is 0.468 e. The van der Waals surface area contributed by atoms with Crippen LogP contribution in [-0.4, -0.2) is 44.2 Å². The fraction of sp³-hybridized carbons (Fsp3) is 0.211. The predicted octanol–water partition coefficient (Wildman–Crippen LogP) is 3.38. The molecule has 0 saturated carbocycles. The minimum Gasteiger partial charge on any atom is -0.468 e. The minimum atomic E-state index is -0.543. The maximum Gasteiger partial charge on any atom is 0.325 e. The van der Waals surface area contributed by atoms with E-state index in [1.54, 1.807) is 18.2 Å². The quantitative estimate of drug-likeness (QED) is 0.235. The number of carbonyl (C=O) groups is 2. The lowest BCUT2D eigenvalue weighted by Crippen LogP contribution is -2.33. The first-order chi connectivity index (χ1) is 13.7. The Morgan fingerprint density at radius 3 is 2.55 bits per heavy atom. The second-order valence-corrected chi connectivity index (χ2v) is 7.96. The zero-order valence-electron chi connectivity index (χ0n) is 15.9. The average molecular weight is 431 g/mol. The number of esters is 1. The van der Waals surface area contributed by atoms with Gasteiger partial charge in [-0.25, -0.2) is 0 Å². The molecule has 0 aliphatic carbocycles. The van der Waals surface area contributed by atoms with Gasteiger partial charge in [0, 0.05) is 29.2 Å². The summed E-state index contributed by atoms with van der Waals surface area (Å²) in [4.78, 5) is 36.2. The summed E-state index contributed by atoms with van der Waals surface area (Å²) in [7, 11) is 1.25. The number of methoxy groups -OCH3 is 1. The minimum absolute atomic E-state index is 0.0192. The van der Waals surface area contributed by atoms with Gasteiger partial charge in [-0.1, -0.05) is 24.0 Å². The van der Waals surface area contributed by atoms with Gasteiger partial charge in [0.05, 0.1) is 16.9 Å². The number of amides is 1. The summed E-state index contributed by atoms with van der Waals surface area (Å²) in [5.74, 6) is -0.885. The number of ether oxygens (including phenoxy) is 1. The molecule has 0 radical (unpaired) electrons. The van der Waals surface area contributed by atoms with Gasteiger partial charge >= 0.3 is 5.97 Å². The molecule has 2 heterocycles. The molecule has 0 unspecified atom stereocenters. The van der Waals surface area contributed by atoms with Gasteiger partial charge in [-0.15, -0.1) is 0 Å². The van der Waals surface area contributed by atoms with E-state index >= 15 is 0 Å². The van der Waals surface area contributed by atoms with E-state index in [-0.39, 0.29) is 18.1 Å². The second-order valence-electron chi connectivity index (χ2n) is 6.28. The van der Waals surface area contributed by atoms with Crippen molar-refractivity contribution in [3.8, 4) is 5.69 Å². The molecule has 1 amide bonds. The van der Waals surface area contributed by atoms with Crippen molar-refractivity contribution in [2.45, 2.75) is 13.8 Å². The van der Waals surface area contributed by atoms with Gasteiger partial charge in [-0.2, -0.15) is 0 Å². The van der Waals surface area contributed by atoms with Gasteiger partial charge in [0.15, 0.2) is 0 Å². The molecule has 8 nitrogen and oxygen atoms in total. The molecule has 1 fully saturated rings. The van der Waals surface area contributed by atoms with Gasteiger partial charge in [-0.05, 0) is 43.7 Å². The molecule has 0 N–H and O–H groups in total. The highest BCUT2D eigenvalue weighted by Gasteiger charge is 2.33. The number of nitro groups is 1. The molecule has 10 heteroatoms. The van der Waals surface area contributed by atoms with E-state index < -0.39 is 10.9 Å². The van der Waals surface area contributed by atoms with Crippen LogP contribution in [-0.2, 0) is 14.3 Å². The van der Waals surface area contributed by atoms with Gasteiger partial charge < -0.3 is 9.30 Å². The maximum absolute atomic E-state index is 12.6. The highest BCUT2D eigenvalue weighted by Crippen LogP contribution is 2.34. The third-order valence-electron chi connectivity index (χ3n) is 4.46. The zero-order chi connectivity index (χ0) is 21.3. The van der Waals surface area contributed by atoms with Gasteiger partial charge in [0.2, 0.25) is 0 Å². The Balaban J connectivity index is 1.92. The van der Waals surface area contributed by atoms with Crippen LogP contribution in [0.3, 0.4) is 0 Å². The van der Waals surface area contributed by atoms with E-state index in [4.69, 9.17) is 12.2 Å². The normalized spacial score (nSPS) is 15.3. The Labute approximate surface area is 176 Å². The second kappa shape index (κ2) is 8.18. The summed E-state index contributed by atoms with van der Waals surface area (Å²) in [5, 5.41) is 10.9. The number of benzene rings is 1. The fourth-order valence-corrected chi connectivity index (χ4v) is 4.27. The topological polar surface area (TPSA) is 94.7 Å². The summed E-state index contributed by atoms with van der Waals surface area (Å²) >= 11 is 6.34. The van der Waals surface area contributed by atoms with E-state index in [0.29, 0.717) is 9.23 Å². The number of thioether (sulfide) groups is 1. The summed E-state index contributed by atoms with van der Waals surface area (Å²) in [6, 6.07) is 8.18. The molecule has 1 aliphatic heterocycles. The lowest BCUT2D eigenvalue weighted by molar-refractivity contribution is -0.384. The third kappa shape index (κ3) is 4.08. The number of nitrogens with zero attached hydrogens (tertiary/aromatic N) is 3. The van der Waals surface area contributed by atoms with Crippen molar-refractivity contribution in [1.82, 2.24) is 9.47 Å². The van der Waals surface area contributed by atoms with Gasteiger partial charge in [0.1, 0.15) is 10.9 Å². The number of nitro benzene ring substituents is 1. The maximum atomic E-state index is 12.6. The van der Waals surface area contributed by atoms with Crippen molar-refractivity contribution >= 4 is 51.9 Å². The van der Waals surface area contributed by atoms with Crippen LogP contribution < -0.4 is 0 Å². The number of thiocarbonyl (C=S) groups is 1. The van der Waals surface area contributed by atoms with Crippen LogP contribution in [0.2, 0.25) is 0 Å². The van der Waals surface area contributed by atoms with E-state index in [1.165, 1.54) is 24.1 Å². The summed E-state index contributed by atoms with van der Waals surface area (Å²) < 4.78 is 6.86. The Kier molecular flexibility index (Phi) is 5.85. The first kappa shape index (κ1) is 20.7. The van der Waals surface area contributed by atoms with Gasteiger partial charge in [-0.3, -0.25) is 24.6 Å². The molecule has 2 aromatic rings. The lowest BCUT2D eigenvalue weighted by Gasteiger charge is -2.11. The molecule has 0 atom stereocenters. The highest BCUT2D eigenvalue weighted by molar-refractivity contribution is 8.26. The number of aryl methyl sites for hydroxylation is 1. The summed E-state index contributed by atoms with van der Waals surface area (Å²) in [5.41, 5.74) is 3.40. The first-order valence-electron chi connectivity index (χ1n) is 8.49. The molecule has 29 heavy (non-hydrogen) atoms. The number of non-ortho nitro benzene ring substituents is 1. The molecule has 3 rings (SSSR count). The molecule has 1 aromatic carbocycles. The first-order valence-corrected chi connectivity index (χ1v) is 9.71. The molecule has 1 aliphatic rings. The van der Waals surface area contributed by atoms with E-state index in [0.717, 1.165) is 34.4 Å². The smallest absolute Gasteiger partial charge is 0.325 e.